The number of nitrogens with zero attached hydrogens (tertiary/aromatic N) is 2. The van der Waals surface area contributed by atoms with Crippen LogP contribution in [0.25, 0.3) is 32.6 Å². The normalized spacial score (nSPS) is 18.6. The van der Waals surface area contributed by atoms with Crippen molar-refractivity contribution in [3.05, 3.63) is 53.7 Å². The SMILES string of the molecule is CC(c1ccc(-c2cnc3[nH]cc(-c4cccc5c4OC(F)(F)O5)c3c2)s1)N1CCOCC1. The number of rotatable bonds is 4. The predicted molar refractivity (Wildman–Crippen MR) is 122 cm³/mol. The van der Waals surface area contributed by atoms with Crippen molar-refractivity contribution in [2.75, 3.05) is 26.3 Å². The van der Waals surface area contributed by atoms with Gasteiger partial charge in [0.25, 0.3) is 0 Å². The lowest BCUT2D eigenvalue weighted by Crippen LogP contribution is -2.37. The largest absolute Gasteiger partial charge is 0.586 e. The Labute approximate surface area is 192 Å². The Kier molecular flexibility index (Phi) is 4.86. The maximum atomic E-state index is 13.7. The molecule has 170 valence electrons. The Balaban J connectivity index is 1.36. The Hall–Kier alpha value is -3.01. The van der Waals surface area contributed by atoms with E-state index in [1.807, 2.05) is 12.3 Å². The lowest BCUT2D eigenvalue weighted by atomic mass is 10.0. The molecule has 5 heterocycles. The number of morpholine rings is 1. The molecule has 1 fully saturated rings. The highest BCUT2D eigenvalue weighted by molar-refractivity contribution is 7.15. The van der Waals surface area contributed by atoms with Crippen molar-refractivity contribution in [1.29, 1.82) is 0 Å². The van der Waals surface area contributed by atoms with Crippen LogP contribution in [0.2, 0.25) is 0 Å². The lowest BCUT2D eigenvalue weighted by molar-refractivity contribution is -0.286. The smallest absolute Gasteiger partial charge is 0.395 e. The van der Waals surface area contributed by atoms with Crippen molar-refractivity contribution in [2.24, 2.45) is 0 Å². The minimum Gasteiger partial charge on any atom is -0.395 e. The molecule has 6 nitrogen and oxygen atoms in total. The molecule has 1 saturated heterocycles. The second kappa shape index (κ2) is 7.79. The number of thiophene rings is 1. The second-order valence-electron chi connectivity index (χ2n) is 8.15. The van der Waals surface area contributed by atoms with Crippen LogP contribution < -0.4 is 9.47 Å². The van der Waals surface area contributed by atoms with Gasteiger partial charge in [0.1, 0.15) is 5.65 Å². The molecule has 1 aromatic carbocycles. The van der Waals surface area contributed by atoms with E-state index in [1.165, 1.54) is 10.9 Å². The first kappa shape index (κ1) is 20.6. The zero-order chi connectivity index (χ0) is 22.6. The average molecular weight is 470 g/mol. The van der Waals surface area contributed by atoms with Crippen LogP contribution in [-0.2, 0) is 4.74 Å². The second-order valence-corrected chi connectivity index (χ2v) is 9.26. The number of para-hydroxylation sites is 1. The van der Waals surface area contributed by atoms with Gasteiger partial charge in [-0.3, -0.25) is 4.90 Å². The molecule has 6 rings (SSSR count). The molecular weight excluding hydrogens is 448 g/mol. The molecule has 3 aromatic heterocycles. The molecule has 33 heavy (non-hydrogen) atoms. The van der Waals surface area contributed by atoms with Crippen molar-refractivity contribution in [3.63, 3.8) is 0 Å². The molecule has 1 N–H and O–H groups in total. The zero-order valence-electron chi connectivity index (χ0n) is 17.8. The monoisotopic (exact) mass is 469 g/mol. The summed E-state index contributed by atoms with van der Waals surface area (Å²) in [5, 5.41) is 0.830. The van der Waals surface area contributed by atoms with E-state index < -0.39 is 6.29 Å². The fourth-order valence-corrected chi connectivity index (χ4v) is 5.49. The number of pyridine rings is 1. The highest BCUT2D eigenvalue weighted by Crippen LogP contribution is 2.48. The number of benzene rings is 1. The summed E-state index contributed by atoms with van der Waals surface area (Å²) in [6.07, 6.45) is -0.0729. The topological polar surface area (TPSA) is 59.6 Å². The maximum absolute atomic E-state index is 13.7. The molecule has 2 aliphatic rings. The van der Waals surface area contributed by atoms with Crippen LogP contribution in [0.4, 0.5) is 8.78 Å². The van der Waals surface area contributed by atoms with Crippen LogP contribution in [0.3, 0.4) is 0 Å². The maximum Gasteiger partial charge on any atom is 0.586 e. The van der Waals surface area contributed by atoms with Crippen LogP contribution in [0.15, 0.2) is 48.8 Å². The minimum atomic E-state index is -3.67. The van der Waals surface area contributed by atoms with E-state index >= 15 is 0 Å². The van der Waals surface area contributed by atoms with Gasteiger partial charge in [-0.05, 0) is 31.2 Å². The van der Waals surface area contributed by atoms with E-state index in [9.17, 15) is 8.78 Å². The number of hydrogen-bond acceptors (Lipinski definition) is 6. The highest BCUT2D eigenvalue weighted by atomic mass is 32.1. The molecule has 0 aliphatic carbocycles. The van der Waals surface area contributed by atoms with E-state index in [4.69, 9.17) is 9.47 Å². The average Bonchev–Trinajstić information content (AvgIpc) is 3.54. The Morgan fingerprint density at radius 2 is 1.97 bits per heavy atom. The van der Waals surface area contributed by atoms with Gasteiger partial charge < -0.3 is 19.2 Å². The summed E-state index contributed by atoms with van der Waals surface area (Å²) >= 11 is 1.74. The summed E-state index contributed by atoms with van der Waals surface area (Å²) in [5.41, 5.74) is 2.91. The molecule has 2 aliphatic heterocycles. The van der Waals surface area contributed by atoms with Crippen molar-refractivity contribution < 1.29 is 23.0 Å². The van der Waals surface area contributed by atoms with E-state index in [0.717, 1.165) is 47.7 Å². The third-order valence-electron chi connectivity index (χ3n) is 6.17. The molecule has 0 amide bonds. The quantitative estimate of drug-likeness (QED) is 0.417. The summed E-state index contributed by atoms with van der Waals surface area (Å²) in [7, 11) is 0. The Morgan fingerprint density at radius 3 is 2.82 bits per heavy atom. The van der Waals surface area contributed by atoms with Gasteiger partial charge in [0.15, 0.2) is 11.5 Å². The third-order valence-corrected chi connectivity index (χ3v) is 7.47. The van der Waals surface area contributed by atoms with E-state index in [2.05, 4.69) is 38.7 Å². The highest BCUT2D eigenvalue weighted by Gasteiger charge is 2.44. The summed E-state index contributed by atoms with van der Waals surface area (Å²) in [4.78, 5) is 12.5. The van der Waals surface area contributed by atoms with Crippen molar-refractivity contribution in [2.45, 2.75) is 19.3 Å². The predicted octanol–water partition coefficient (Wildman–Crippen LogP) is 5.67. The summed E-state index contributed by atoms with van der Waals surface area (Å²) in [5.74, 6) is 0.0579. The first-order valence-corrected chi connectivity index (χ1v) is 11.6. The third kappa shape index (κ3) is 3.66. The van der Waals surface area contributed by atoms with Crippen LogP contribution in [-0.4, -0.2) is 47.5 Å². The number of alkyl halides is 2. The van der Waals surface area contributed by atoms with Gasteiger partial charge >= 0.3 is 6.29 Å². The lowest BCUT2D eigenvalue weighted by Gasteiger charge is -2.31. The van der Waals surface area contributed by atoms with Gasteiger partial charge in [0.2, 0.25) is 0 Å². The summed E-state index contributed by atoms with van der Waals surface area (Å²) < 4.78 is 42.3. The number of fused-ring (bicyclic) bond motifs is 2. The van der Waals surface area contributed by atoms with Crippen molar-refractivity contribution >= 4 is 22.4 Å². The van der Waals surface area contributed by atoms with E-state index in [0.29, 0.717) is 17.3 Å². The Morgan fingerprint density at radius 1 is 1.12 bits per heavy atom. The standard InChI is InChI=1S/C24H21F2N3O3S/c1-14(29-7-9-30-10-8-29)20-5-6-21(33-20)15-11-17-18(13-28-23(17)27-12-15)16-3-2-4-19-22(16)32-24(25,26)31-19/h2-6,11-14H,7-10H2,1H3,(H,27,28). The first-order chi connectivity index (χ1) is 16.0. The zero-order valence-corrected chi connectivity index (χ0v) is 18.6. The molecule has 0 bridgehead atoms. The fourth-order valence-electron chi connectivity index (χ4n) is 4.42. The molecule has 0 radical (unpaired) electrons. The van der Waals surface area contributed by atoms with Gasteiger partial charge in [-0.25, -0.2) is 4.98 Å². The number of aromatic nitrogens is 2. The van der Waals surface area contributed by atoms with Gasteiger partial charge in [-0.15, -0.1) is 20.1 Å². The molecule has 9 heteroatoms. The number of nitrogens with one attached hydrogen (secondary N) is 1. The van der Waals surface area contributed by atoms with E-state index in [1.54, 1.807) is 29.7 Å². The van der Waals surface area contributed by atoms with Crippen LogP contribution in [0.1, 0.15) is 17.8 Å². The molecule has 4 aromatic rings. The van der Waals surface area contributed by atoms with Crippen molar-refractivity contribution in [1.82, 2.24) is 14.9 Å². The molecule has 0 saturated carbocycles. The number of hydrogen-bond donors (Lipinski definition) is 1. The van der Waals surface area contributed by atoms with Gasteiger partial charge in [-0.1, -0.05) is 12.1 Å². The Bertz CT molecular complexity index is 1330. The number of ether oxygens (including phenoxy) is 3. The van der Waals surface area contributed by atoms with Gasteiger partial charge in [-0.2, -0.15) is 0 Å². The molecule has 0 spiro atoms. The minimum absolute atomic E-state index is 0.0240. The summed E-state index contributed by atoms with van der Waals surface area (Å²) in [6, 6.07) is 11.5. The van der Waals surface area contributed by atoms with Crippen LogP contribution in [0.5, 0.6) is 11.5 Å². The van der Waals surface area contributed by atoms with E-state index in [-0.39, 0.29) is 11.5 Å². The van der Waals surface area contributed by atoms with Crippen LogP contribution in [0, 0.1) is 0 Å². The number of halogens is 2. The number of H-pyrrole nitrogens is 1. The first-order valence-electron chi connectivity index (χ1n) is 10.8. The molecular formula is C24H21F2N3O3S. The summed E-state index contributed by atoms with van der Waals surface area (Å²) in [6.45, 7) is 5.62. The van der Waals surface area contributed by atoms with Crippen LogP contribution >= 0.6 is 11.3 Å². The molecule has 1 unspecified atom stereocenters. The van der Waals surface area contributed by atoms with Gasteiger partial charge in [0.05, 0.1) is 13.2 Å². The van der Waals surface area contributed by atoms with Crippen molar-refractivity contribution in [3.8, 4) is 33.1 Å². The van der Waals surface area contributed by atoms with Gasteiger partial charge in [0, 0.05) is 63.4 Å². The number of aromatic amines is 1. The fraction of sp³-hybridized carbons (Fsp3) is 0.292. The molecule has 1 atom stereocenters.